The highest BCUT2D eigenvalue weighted by Gasteiger charge is 2.20. The van der Waals surface area contributed by atoms with Gasteiger partial charge in [0, 0.05) is 23.6 Å². The number of aryl methyl sites for hydroxylation is 1. The van der Waals surface area contributed by atoms with Crippen LogP contribution in [0.25, 0.3) is 28.0 Å². The molecule has 0 aliphatic carbocycles. The average Bonchev–Trinajstić information content (AvgIpc) is 3.23. The third-order valence-corrected chi connectivity index (χ3v) is 6.55. The number of hydrogen-bond acceptors (Lipinski definition) is 5. The molecule has 0 amide bonds. The van der Waals surface area contributed by atoms with E-state index in [2.05, 4.69) is 5.10 Å². The van der Waals surface area contributed by atoms with Crippen LogP contribution in [0.15, 0.2) is 71.5 Å². The maximum Gasteiger partial charge on any atom is 0.350 e. The van der Waals surface area contributed by atoms with Gasteiger partial charge in [-0.2, -0.15) is 4.68 Å². The van der Waals surface area contributed by atoms with Crippen LogP contribution in [0.1, 0.15) is 49.3 Å². The first-order valence-corrected chi connectivity index (χ1v) is 12.7. The van der Waals surface area contributed by atoms with Crippen molar-refractivity contribution in [2.24, 2.45) is 0 Å². The highest BCUT2D eigenvalue weighted by molar-refractivity contribution is 5.85. The standard InChI is InChI=1S/C30H30FN5O2/c1-5-35-27(18-38-17-21-12-7-6-8-13-21)34-36(30(35)37)26-15-23-25(16-24(26)31)32-29(33-28(23)19(2)3)22-14-10-9-11-20(22)4/h6-16,19H,5,17-18H2,1-4H3. The fourth-order valence-corrected chi connectivity index (χ4v) is 4.56. The van der Waals surface area contributed by atoms with E-state index in [4.69, 9.17) is 14.7 Å². The van der Waals surface area contributed by atoms with Crippen molar-refractivity contribution in [2.75, 3.05) is 0 Å². The number of halogens is 1. The van der Waals surface area contributed by atoms with E-state index in [0.717, 1.165) is 27.1 Å². The maximum atomic E-state index is 15.5. The summed E-state index contributed by atoms with van der Waals surface area (Å²) in [7, 11) is 0. The largest absolute Gasteiger partial charge is 0.369 e. The Bertz CT molecular complexity index is 1660. The number of nitrogens with zero attached hydrogens (tertiary/aromatic N) is 5. The van der Waals surface area contributed by atoms with Crippen LogP contribution in [0.4, 0.5) is 4.39 Å². The molecule has 0 fully saturated rings. The number of benzene rings is 3. The summed E-state index contributed by atoms with van der Waals surface area (Å²) in [5, 5.41) is 5.15. The monoisotopic (exact) mass is 511 g/mol. The number of ether oxygens (including phenoxy) is 1. The summed E-state index contributed by atoms with van der Waals surface area (Å²) in [4.78, 5) is 22.8. The summed E-state index contributed by atoms with van der Waals surface area (Å²) in [5.41, 5.74) is 3.86. The minimum Gasteiger partial charge on any atom is -0.369 e. The number of rotatable bonds is 8. The summed E-state index contributed by atoms with van der Waals surface area (Å²) in [6.45, 7) is 8.81. The molecular weight excluding hydrogens is 481 g/mol. The summed E-state index contributed by atoms with van der Waals surface area (Å²) in [5.74, 6) is 0.453. The molecule has 0 saturated heterocycles. The van der Waals surface area contributed by atoms with Crippen LogP contribution in [0, 0.1) is 12.7 Å². The lowest BCUT2D eigenvalue weighted by Gasteiger charge is -2.14. The molecule has 2 heterocycles. The Hall–Kier alpha value is -4.17. The van der Waals surface area contributed by atoms with Crippen molar-refractivity contribution in [1.29, 1.82) is 0 Å². The smallest absolute Gasteiger partial charge is 0.350 e. The fraction of sp³-hybridized carbons (Fsp3) is 0.267. The van der Waals surface area contributed by atoms with Crippen molar-refractivity contribution in [2.45, 2.75) is 53.4 Å². The van der Waals surface area contributed by atoms with Gasteiger partial charge < -0.3 is 4.74 Å². The fourth-order valence-electron chi connectivity index (χ4n) is 4.56. The Morgan fingerprint density at radius 2 is 1.71 bits per heavy atom. The molecule has 3 aromatic carbocycles. The summed E-state index contributed by atoms with van der Waals surface area (Å²) in [6, 6.07) is 20.6. The molecule has 0 aliphatic rings. The third kappa shape index (κ3) is 4.87. The number of hydrogen-bond donors (Lipinski definition) is 0. The second-order valence-corrected chi connectivity index (χ2v) is 9.56. The highest BCUT2D eigenvalue weighted by Crippen LogP contribution is 2.30. The van der Waals surface area contributed by atoms with Gasteiger partial charge in [-0.05, 0) is 37.0 Å². The zero-order chi connectivity index (χ0) is 26.8. The van der Waals surface area contributed by atoms with Gasteiger partial charge in [-0.3, -0.25) is 4.57 Å². The molecule has 0 radical (unpaired) electrons. The van der Waals surface area contributed by atoms with Crippen LogP contribution >= 0.6 is 0 Å². The summed E-state index contributed by atoms with van der Waals surface area (Å²) in [6.07, 6.45) is 0. The van der Waals surface area contributed by atoms with E-state index in [9.17, 15) is 4.79 Å². The SMILES string of the molecule is CCn1c(COCc2ccccc2)nn(-c2cc3c(C(C)C)nc(-c4ccccc4C)nc3cc2F)c1=O. The van der Waals surface area contributed by atoms with Crippen LogP contribution in [0.3, 0.4) is 0 Å². The van der Waals surface area contributed by atoms with Gasteiger partial charge in [0.25, 0.3) is 0 Å². The van der Waals surface area contributed by atoms with Crippen molar-refractivity contribution < 1.29 is 9.13 Å². The molecule has 0 unspecified atom stereocenters. The number of fused-ring (bicyclic) bond motifs is 1. The van der Waals surface area contributed by atoms with Crippen LogP contribution in [-0.2, 0) is 24.5 Å². The first-order chi connectivity index (χ1) is 18.4. The van der Waals surface area contributed by atoms with Crippen LogP contribution in [0.2, 0.25) is 0 Å². The zero-order valence-corrected chi connectivity index (χ0v) is 22.0. The Morgan fingerprint density at radius 1 is 0.974 bits per heavy atom. The quantitative estimate of drug-likeness (QED) is 0.257. The minimum atomic E-state index is -0.582. The van der Waals surface area contributed by atoms with Gasteiger partial charge in [0.1, 0.15) is 12.3 Å². The molecule has 7 nitrogen and oxygen atoms in total. The zero-order valence-electron chi connectivity index (χ0n) is 22.0. The number of aromatic nitrogens is 5. The third-order valence-electron chi connectivity index (χ3n) is 6.55. The lowest BCUT2D eigenvalue weighted by atomic mass is 10.0. The van der Waals surface area contributed by atoms with Crippen molar-refractivity contribution in [3.8, 4) is 17.1 Å². The van der Waals surface area contributed by atoms with E-state index < -0.39 is 11.5 Å². The predicted molar refractivity (Wildman–Crippen MR) is 146 cm³/mol. The lowest BCUT2D eigenvalue weighted by molar-refractivity contribution is 0.0989. The highest BCUT2D eigenvalue weighted by atomic mass is 19.1. The van der Waals surface area contributed by atoms with Crippen molar-refractivity contribution in [3.05, 3.63) is 106 Å². The first-order valence-electron chi connectivity index (χ1n) is 12.7. The second kappa shape index (κ2) is 10.7. The van der Waals surface area contributed by atoms with E-state index >= 15 is 4.39 Å². The van der Waals surface area contributed by atoms with E-state index in [1.165, 1.54) is 10.6 Å². The van der Waals surface area contributed by atoms with Gasteiger partial charge in [-0.25, -0.2) is 19.2 Å². The Balaban J connectivity index is 1.56. The molecule has 38 heavy (non-hydrogen) atoms. The predicted octanol–water partition coefficient (Wildman–Crippen LogP) is 5.95. The molecule has 0 spiro atoms. The van der Waals surface area contributed by atoms with E-state index in [1.54, 1.807) is 6.07 Å². The molecule has 0 bridgehead atoms. The molecular formula is C30H30FN5O2. The second-order valence-electron chi connectivity index (χ2n) is 9.56. The normalized spacial score (nSPS) is 11.5. The van der Waals surface area contributed by atoms with Crippen molar-refractivity contribution >= 4 is 10.9 Å². The average molecular weight is 512 g/mol. The van der Waals surface area contributed by atoms with Crippen LogP contribution in [-0.4, -0.2) is 24.3 Å². The Morgan fingerprint density at radius 3 is 2.42 bits per heavy atom. The van der Waals surface area contributed by atoms with Crippen LogP contribution < -0.4 is 5.69 Å². The van der Waals surface area contributed by atoms with Gasteiger partial charge in [0.05, 0.1) is 17.8 Å². The lowest BCUT2D eigenvalue weighted by Crippen LogP contribution is -2.24. The summed E-state index contributed by atoms with van der Waals surface area (Å²) >= 11 is 0. The molecule has 5 rings (SSSR count). The first kappa shape index (κ1) is 25.5. The molecule has 2 aromatic heterocycles. The molecule has 5 aromatic rings. The summed E-state index contributed by atoms with van der Waals surface area (Å²) < 4.78 is 24.0. The van der Waals surface area contributed by atoms with Gasteiger partial charge in [0.2, 0.25) is 0 Å². The molecule has 0 atom stereocenters. The van der Waals surface area contributed by atoms with E-state index in [1.807, 2.05) is 82.3 Å². The van der Waals surface area contributed by atoms with E-state index in [-0.39, 0.29) is 18.2 Å². The van der Waals surface area contributed by atoms with Crippen molar-refractivity contribution in [3.63, 3.8) is 0 Å². The molecule has 0 saturated carbocycles. The van der Waals surface area contributed by atoms with Crippen LogP contribution in [0.5, 0.6) is 0 Å². The van der Waals surface area contributed by atoms with Gasteiger partial charge in [-0.15, -0.1) is 5.10 Å². The van der Waals surface area contributed by atoms with Gasteiger partial charge in [0.15, 0.2) is 17.5 Å². The maximum absolute atomic E-state index is 15.5. The molecule has 194 valence electrons. The van der Waals surface area contributed by atoms with E-state index in [0.29, 0.717) is 35.7 Å². The Kier molecular flexibility index (Phi) is 7.15. The Labute approximate surface area is 220 Å². The molecule has 0 N–H and O–H groups in total. The minimum absolute atomic E-state index is 0.0495. The van der Waals surface area contributed by atoms with Crippen molar-refractivity contribution in [1.82, 2.24) is 24.3 Å². The topological polar surface area (TPSA) is 74.8 Å². The molecule has 8 heteroatoms. The molecule has 0 aliphatic heterocycles. The van der Waals surface area contributed by atoms with Gasteiger partial charge >= 0.3 is 5.69 Å². The van der Waals surface area contributed by atoms with Gasteiger partial charge in [-0.1, -0.05) is 68.4 Å².